The molecule has 0 spiro atoms. The molecular formula is C19H21ClN2O3. The van der Waals surface area contributed by atoms with E-state index in [0.717, 1.165) is 12.0 Å². The maximum Gasteiger partial charge on any atom is 0.255 e. The number of halogens is 1. The van der Waals surface area contributed by atoms with Crippen LogP contribution in [-0.2, 0) is 11.3 Å². The Hall–Kier alpha value is -2.53. The van der Waals surface area contributed by atoms with Gasteiger partial charge in [0.1, 0.15) is 5.75 Å². The van der Waals surface area contributed by atoms with Gasteiger partial charge in [0.15, 0.2) is 0 Å². The minimum absolute atomic E-state index is 0.0189. The molecule has 0 heterocycles. The number of anilines is 1. The highest BCUT2D eigenvalue weighted by molar-refractivity contribution is 6.30. The van der Waals surface area contributed by atoms with E-state index >= 15 is 0 Å². The summed E-state index contributed by atoms with van der Waals surface area (Å²) in [5, 5.41) is 6.18. The molecule has 0 atom stereocenters. The van der Waals surface area contributed by atoms with E-state index in [2.05, 4.69) is 10.6 Å². The maximum atomic E-state index is 12.4. The van der Waals surface area contributed by atoms with Gasteiger partial charge in [-0.25, -0.2) is 0 Å². The Balaban J connectivity index is 2.01. The van der Waals surface area contributed by atoms with Crippen molar-refractivity contribution in [3.05, 3.63) is 58.6 Å². The normalized spacial score (nSPS) is 10.2. The number of amides is 2. The molecule has 0 radical (unpaired) electrons. The van der Waals surface area contributed by atoms with Crippen molar-refractivity contribution >= 4 is 29.1 Å². The predicted molar refractivity (Wildman–Crippen MR) is 99.2 cm³/mol. The average Bonchev–Trinajstić information content (AvgIpc) is 2.60. The van der Waals surface area contributed by atoms with Crippen molar-refractivity contribution in [1.29, 1.82) is 0 Å². The first-order valence-electron chi connectivity index (χ1n) is 8.04. The number of hydrogen-bond acceptors (Lipinski definition) is 3. The van der Waals surface area contributed by atoms with Crippen molar-refractivity contribution in [1.82, 2.24) is 5.32 Å². The van der Waals surface area contributed by atoms with Crippen LogP contribution in [0.2, 0.25) is 5.02 Å². The minimum Gasteiger partial charge on any atom is -0.496 e. The largest absolute Gasteiger partial charge is 0.496 e. The molecule has 2 aromatic carbocycles. The van der Waals surface area contributed by atoms with E-state index in [0.29, 0.717) is 35.0 Å². The lowest BCUT2D eigenvalue weighted by Crippen LogP contribution is -2.23. The van der Waals surface area contributed by atoms with E-state index in [1.54, 1.807) is 18.2 Å². The summed E-state index contributed by atoms with van der Waals surface area (Å²) in [6.07, 6.45) is 1.28. The van der Waals surface area contributed by atoms with Crippen LogP contribution >= 0.6 is 11.6 Å². The first-order chi connectivity index (χ1) is 12.0. The van der Waals surface area contributed by atoms with E-state index in [-0.39, 0.29) is 11.8 Å². The Kier molecular flexibility index (Phi) is 6.83. The van der Waals surface area contributed by atoms with E-state index < -0.39 is 0 Å². The van der Waals surface area contributed by atoms with Gasteiger partial charge in [-0.3, -0.25) is 9.59 Å². The summed E-state index contributed by atoms with van der Waals surface area (Å²) in [6, 6.07) is 12.2. The minimum atomic E-state index is -0.256. The quantitative estimate of drug-likeness (QED) is 0.783. The summed E-state index contributed by atoms with van der Waals surface area (Å²) in [5.41, 5.74) is 2.02. The third-order valence-corrected chi connectivity index (χ3v) is 3.78. The molecule has 0 fully saturated rings. The van der Waals surface area contributed by atoms with Crippen molar-refractivity contribution in [2.45, 2.75) is 26.3 Å². The third kappa shape index (κ3) is 5.50. The highest BCUT2D eigenvalue weighted by atomic mass is 35.5. The van der Waals surface area contributed by atoms with Gasteiger partial charge in [0.25, 0.3) is 5.91 Å². The Bertz CT molecular complexity index is 762. The zero-order valence-corrected chi connectivity index (χ0v) is 15.0. The molecule has 0 aliphatic heterocycles. The van der Waals surface area contributed by atoms with Crippen molar-refractivity contribution in [3.63, 3.8) is 0 Å². The van der Waals surface area contributed by atoms with E-state index in [9.17, 15) is 9.59 Å². The smallest absolute Gasteiger partial charge is 0.255 e. The molecule has 132 valence electrons. The van der Waals surface area contributed by atoms with Gasteiger partial charge in [-0.15, -0.1) is 0 Å². The van der Waals surface area contributed by atoms with Gasteiger partial charge in [-0.05, 0) is 42.3 Å². The Labute approximate surface area is 152 Å². The monoisotopic (exact) mass is 360 g/mol. The summed E-state index contributed by atoms with van der Waals surface area (Å²) in [7, 11) is 1.49. The second-order valence-corrected chi connectivity index (χ2v) is 5.96. The lowest BCUT2D eigenvalue weighted by molar-refractivity contribution is -0.116. The third-order valence-electron chi connectivity index (χ3n) is 3.55. The number of rotatable bonds is 7. The molecule has 2 amide bonds. The molecule has 2 aromatic rings. The van der Waals surface area contributed by atoms with Gasteiger partial charge in [-0.1, -0.05) is 30.7 Å². The highest BCUT2D eigenvalue weighted by Crippen LogP contribution is 2.23. The number of methoxy groups -OCH3 is 1. The number of ether oxygens (including phenoxy) is 1. The van der Waals surface area contributed by atoms with Crippen LogP contribution in [-0.4, -0.2) is 18.9 Å². The first kappa shape index (κ1) is 18.8. The fourth-order valence-electron chi connectivity index (χ4n) is 2.34. The number of benzene rings is 2. The van der Waals surface area contributed by atoms with Crippen LogP contribution in [0.1, 0.15) is 35.7 Å². The van der Waals surface area contributed by atoms with Crippen LogP contribution in [0, 0.1) is 0 Å². The van der Waals surface area contributed by atoms with Crippen molar-refractivity contribution in [2.75, 3.05) is 12.4 Å². The number of carbonyl (C=O) groups is 2. The van der Waals surface area contributed by atoms with Crippen molar-refractivity contribution in [2.24, 2.45) is 0 Å². The standard InChI is InChI=1S/C19H21ClN2O3/c1-3-5-18(23)22-15-7-4-6-13(10-15)12-21-19(24)16-9-8-14(20)11-17(16)25-2/h4,6-11H,3,5,12H2,1-2H3,(H,21,24)(H,22,23). The summed E-state index contributed by atoms with van der Waals surface area (Å²) in [6.45, 7) is 2.29. The fourth-order valence-corrected chi connectivity index (χ4v) is 2.50. The SMILES string of the molecule is CCCC(=O)Nc1cccc(CNC(=O)c2ccc(Cl)cc2OC)c1. The topological polar surface area (TPSA) is 67.4 Å². The Morgan fingerprint density at radius 3 is 2.68 bits per heavy atom. The first-order valence-corrected chi connectivity index (χ1v) is 8.41. The fraction of sp³-hybridized carbons (Fsp3) is 0.263. The Morgan fingerprint density at radius 1 is 1.16 bits per heavy atom. The number of carbonyl (C=O) groups excluding carboxylic acids is 2. The zero-order chi connectivity index (χ0) is 18.2. The second kappa shape index (κ2) is 9.08. The molecule has 2 rings (SSSR count). The molecule has 25 heavy (non-hydrogen) atoms. The summed E-state index contributed by atoms with van der Waals surface area (Å²) >= 11 is 5.91. The van der Waals surface area contributed by atoms with Gasteiger partial charge < -0.3 is 15.4 Å². The molecule has 0 bridgehead atoms. The summed E-state index contributed by atoms with van der Waals surface area (Å²) < 4.78 is 5.19. The summed E-state index contributed by atoms with van der Waals surface area (Å²) in [4.78, 5) is 24.0. The van der Waals surface area contributed by atoms with Gasteiger partial charge in [0.2, 0.25) is 5.91 Å². The van der Waals surface area contributed by atoms with E-state index in [4.69, 9.17) is 16.3 Å². The molecule has 0 unspecified atom stereocenters. The van der Waals surface area contributed by atoms with Gasteiger partial charge in [0.05, 0.1) is 12.7 Å². The molecule has 5 nitrogen and oxygen atoms in total. The number of hydrogen-bond donors (Lipinski definition) is 2. The summed E-state index contributed by atoms with van der Waals surface area (Å²) in [5.74, 6) is 0.147. The van der Waals surface area contributed by atoms with Crippen molar-refractivity contribution in [3.8, 4) is 5.75 Å². The van der Waals surface area contributed by atoms with Gasteiger partial charge >= 0.3 is 0 Å². The van der Waals surface area contributed by atoms with Gasteiger partial charge in [0, 0.05) is 23.7 Å². The van der Waals surface area contributed by atoms with Crippen LogP contribution in [0.4, 0.5) is 5.69 Å². The average molecular weight is 361 g/mol. The molecule has 0 saturated carbocycles. The van der Waals surface area contributed by atoms with Crippen LogP contribution in [0.15, 0.2) is 42.5 Å². The van der Waals surface area contributed by atoms with E-state index in [1.807, 2.05) is 31.2 Å². The maximum absolute atomic E-state index is 12.4. The van der Waals surface area contributed by atoms with E-state index in [1.165, 1.54) is 7.11 Å². The van der Waals surface area contributed by atoms with Crippen LogP contribution < -0.4 is 15.4 Å². The van der Waals surface area contributed by atoms with Gasteiger partial charge in [-0.2, -0.15) is 0 Å². The molecule has 0 saturated heterocycles. The lowest BCUT2D eigenvalue weighted by Gasteiger charge is -2.11. The Morgan fingerprint density at radius 2 is 1.96 bits per heavy atom. The molecule has 0 aromatic heterocycles. The second-order valence-electron chi connectivity index (χ2n) is 5.53. The molecule has 2 N–H and O–H groups in total. The van der Waals surface area contributed by atoms with Crippen LogP contribution in [0.3, 0.4) is 0 Å². The predicted octanol–water partition coefficient (Wildman–Crippen LogP) is 4.02. The highest BCUT2D eigenvalue weighted by Gasteiger charge is 2.12. The molecule has 0 aliphatic carbocycles. The van der Waals surface area contributed by atoms with Crippen LogP contribution in [0.25, 0.3) is 0 Å². The number of nitrogens with one attached hydrogen (secondary N) is 2. The molecular weight excluding hydrogens is 340 g/mol. The molecule has 6 heteroatoms. The van der Waals surface area contributed by atoms with Crippen LogP contribution in [0.5, 0.6) is 5.75 Å². The lowest BCUT2D eigenvalue weighted by atomic mass is 10.1. The molecule has 0 aliphatic rings. The van der Waals surface area contributed by atoms with Crippen molar-refractivity contribution < 1.29 is 14.3 Å². The zero-order valence-electron chi connectivity index (χ0n) is 14.3.